The molecule has 0 aliphatic rings. The molecule has 0 saturated carbocycles. The number of aromatic hydroxyl groups is 1. The molecule has 0 unspecified atom stereocenters. The molecular formula is C22H19N5O3S. The fourth-order valence-electron chi connectivity index (χ4n) is 3.02. The number of nitrogens with one attached hydrogen (secondary N) is 2. The van der Waals surface area contributed by atoms with Crippen molar-refractivity contribution >= 4 is 39.9 Å². The molecule has 3 N–H and O–H groups in total. The molecule has 0 saturated heterocycles. The van der Waals surface area contributed by atoms with E-state index in [1.807, 2.05) is 42.5 Å². The first-order chi connectivity index (χ1) is 15.2. The lowest BCUT2D eigenvalue weighted by molar-refractivity contribution is 0.414. The van der Waals surface area contributed by atoms with E-state index in [4.69, 9.17) is 4.74 Å². The van der Waals surface area contributed by atoms with Crippen LogP contribution in [0.5, 0.6) is 11.6 Å². The van der Waals surface area contributed by atoms with Crippen molar-refractivity contribution < 1.29 is 9.84 Å². The van der Waals surface area contributed by atoms with E-state index in [0.29, 0.717) is 23.3 Å². The summed E-state index contributed by atoms with van der Waals surface area (Å²) in [6, 6.07) is 20.2. The third-order valence-electron chi connectivity index (χ3n) is 4.56. The number of aromatic amines is 1. The highest BCUT2D eigenvalue weighted by molar-refractivity contribution is 7.97. The van der Waals surface area contributed by atoms with E-state index in [0.717, 1.165) is 21.7 Å². The van der Waals surface area contributed by atoms with Gasteiger partial charge >= 0.3 is 0 Å². The van der Waals surface area contributed by atoms with E-state index in [1.54, 1.807) is 31.4 Å². The van der Waals surface area contributed by atoms with Crippen molar-refractivity contribution in [3.8, 4) is 11.6 Å². The Morgan fingerprint density at radius 2 is 1.87 bits per heavy atom. The van der Waals surface area contributed by atoms with Gasteiger partial charge in [-0.15, -0.1) is 15.1 Å². The van der Waals surface area contributed by atoms with Gasteiger partial charge in [-0.2, -0.15) is 0 Å². The molecule has 0 aliphatic heterocycles. The van der Waals surface area contributed by atoms with E-state index < -0.39 is 0 Å². The van der Waals surface area contributed by atoms with Crippen molar-refractivity contribution in [1.29, 1.82) is 0 Å². The van der Waals surface area contributed by atoms with Crippen LogP contribution in [0.2, 0.25) is 0 Å². The van der Waals surface area contributed by atoms with E-state index in [1.165, 1.54) is 11.9 Å². The van der Waals surface area contributed by atoms with E-state index in [-0.39, 0.29) is 11.6 Å². The monoisotopic (exact) mass is 433 g/mol. The summed E-state index contributed by atoms with van der Waals surface area (Å²) in [5.41, 5.74) is 2.64. The zero-order chi connectivity index (χ0) is 21.6. The Kier molecular flexibility index (Phi) is 6.25. The number of fused-ring (bicyclic) bond motifs is 1. The number of hydrogen-bond acceptors (Lipinski definition) is 8. The minimum absolute atomic E-state index is 0.0956. The molecule has 0 spiro atoms. The van der Waals surface area contributed by atoms with Gasteiger partial charge in [-0.1, -0.05) is 24.3 Å². The highest BCUT2D eigenvalue weighted by Crippen LogP contribution is 2.39. The van der Waals surface area contributed by atoms with Crippen LogP contribution >= 0.6 is 11.9 Å². The minimum atomic E-state index is -0.0956. The third kappa shape index (κ3) is 4.73. The van der Waals surface area contributed by atoms with Gasteiger partial charge in [0, 0.05) is 16.8 Å². The summed E-state index contributed by atoms with van der Waals surface area (Å²) in [5.74, 6) is 0.719. The van der Waals surface area contributed by atoms with Crippen molar-refractivity contribution in [2.75, 3.05) is 7.11 Å². The van der Waals surface area contributed by atoms with E-state index in [2.05, 4.69) is 25.1 Å². The number of nitrogens with zero attached hydrogens (tertiary/aromatic N) is 3. The maximum absolute atomic E-state index is 10.9. The van der Waals surface area contributed by atoms with Gasteiger partial charge in [-0.05, 0) is 65.2 Å². The van der Waals surface area contributed by atoms with Crippen LogP contribution in [0.15, 0.2) is 87.0 Å². The Bertz CT molecular complexity index is 1260. The Morgan fingerprint density at radius 3 is 2.68 bits per heavy atom. The van der Waals surface area contributed by atoms with E-state index in [9.17, 15) is 10.0 Å². The minimum Gasteiger partial charge on any atom is -0.497 e. The summed E-state index contributed by atoms with van der Waals surface area (Å²) in [4.78, 5) is 14.8. The number of azo groups is 1. The highest BCUT2D eigenvalue weighted by Gasteiger charge is 2.12. The van der Waals surface area contributed by atoms with Crippen LogP contribution in [0.4, 0.5) is 17.1 Å². The van der Waals surface area contributed by atoms with Crippen molar-refractivity contribution in [1.82, 2.24) is 9.71 Å². The van der Waals surface area contributed by atoms with Crippen LogP contribution < -0.4 is 9.46 Å². The number of methoxy groups -OCH3 is 1. The molecule has 9 heteroatoms. The predicted molar refractivity (Wildman–Crippen MR) is 122 cm³/mol. The molecule has 4 aromatic rings. The molecule has 0 atom stereocenters. The van der Waals surface area contributed by atoms with Gasteiger partial charge in [-0.3, -0.25) is 4.72 Å². The number of aromatic nitrogens is 1. The van der Waals surface area contributed by atoms with Crippen LogP contribution in [0.25, 0.3) is 10.9 Å². The van der Waals surface area contributed by atoms with Gasteiger partial charge in [0.05, 0.1) is 12.6 Å². The maximum Gasteiger partial charge on any atom is 0.218 e. The Hall–Kier alpha value is -3.69. The molecule has 1 aromatic heterocycles. The summed E-state index contributed by atoms with van der Waals surface area (Å²) in [5, 5.41) is 22.2. The van der Waals surface area contributed by atoms with Crippen LogP contribution in [-0.4, -0.2) is 17.2 Å². The van der Waals surface area contributed by atoms with Crippen molar-refractivity contribution in [3.05, 3.63) is 77.2 Å². The average molecular weight is 433 g/mol. The lowest BCUT2D eigenvalue weighted by Crippen LogP contribution is -2.02. The first-order valence-corrected chi connectivity index (χ1v) is 10.2. The number of nitroso groups, excluding NO2 is 1. The van der Waals surface area contributed by atoms with Gasteiger partial charge in [0.1, 0.15) is 17.1 Å². The van der Waals surface area contributed by atoms with Crippen molar-refractivity contribution in [2.45, 2.75) is 11.4 Å². The molecule has 0 aliphatic carbocycles. The quantitative estimate of drug-likeness (QED) is 0.167. The zero-order valence-corrected chi connectivity index (χ0v) is 17.4. The van der Waals surface area contributed by atoms with Crippen molar-refractivity contribution in [2.24, 2.45) is 15.4 Å². The normalized spacial score (nSPS) is 11.3. The summed E-state index contributed by atoms with van der Waals surface area (Å²) in [7, 11) is 1.64. The number of rotatable bonds is 8. The Labute approximate surface area is 182 Å². The Balaban J connectivity index is 1.53. The predicted octanol–water partition coefficient (Wildman–Crippen LogP) is 6.49. The average Bonchev–Trinajstić information content (AvgIpc) is 3.12. The molecule has 0 bridgehead atoms. The fourth-order valence-corrected chi connectivity index (χ4v) is 3.74. The van der Waals surface area contributed by atoms with Gasteiger partial charge in [0.15, 0.2) is 5.69 Å². The second kappa shape index (κ2) is 9.41. The summed E-state index contributed by atoms with van der Waals surface area (Å²) < 4.78 is 8.57. The number of ether oxygens (including phenoxy) is 1. The second-order valence-corrected chi connectivity index (χ2v) is 7.55. The SMILES string of the molecule is COc1cccc(CNSc2ccc3[nH]c(O)c(N=Nc4ccccc4N=O)c3c2)c1. The lowest BCUT2D eigenvalue weighted by Gasteiger charge is -2.06. The fraction of sp³-hybridized carbons (Fsp3) is 0.0909. The van der Waals surface area contributed by atoms with Crippen LogP contribution in [-0.2, 0) is 6.54 Å². The largest absolute Gasteiger partial charge is 0.497 e. The summed E-state index contributed by atoms with van der Waals surface area (Å²) in [6.45, 7) is 0.653. The van der Waals surface area contributed by atoms with Crippen LogP contribution in [0.3, 0.4) is 0 Å². The molecule has 31 heavy (non-hydrogen) atoms. The smallest absolute Gasteiger partial charge is 0.218 e. The molecule has 156 valence electrons. The third-order valence-corrected chi connectivity index (χ3v) is 5.34. The Morgan fingerprint density at radius 1 is 1.03 bits per heavy atom. The maximum atomic E-state index is 10.9. The molecular weight excluding hydrogens is 414 g/mol. The topological polar surface area (TPSA) is 111 Å². The molecule has 0 amide bonds. The highest BCUT2D eigenvalue weighted by atomic mass is 32.2. The molecule has 4 rings (SSSR count). The number of hydrogen-bond donors (Lipinski definition) is 3. The first kappa shape index (κ1) is 20.6. The standard InChI is InChI=1S/C22H19N5O3S/c1-30-15-6-4-5-14(11-15)13-23-31-16-9-10-18-17(12-16)21(22(28)24-18)26-25-19-7-2-3-8-20(19)27-29/h2-12,23-24,28H,13H2,1H3. The summed E-state index contributed by atoms with van der Waals surface area (Å²) >= 11 is 1.47. The van der Waals surface area contributed by atoms with Gasteiger partial charge in [0.2, 0.25) is 5.88 Å². The molecule has 3 aromatic carbocycles. The van der Waals surface area contributed by atoms with Gasteiger partial charge in [0.25, 0.3) is 0 Å². The van der Waals surface area contributed by atoms with Gasteiger partial charge < -0.3 is 14.8 Å². The lowest BCUT2D eigenvalue weighted by atomic mass is 10.2. The van der Waals surface area contributed by atoms with Crippen molar-refractivity contribution in [3.63, 3.8) is 0 Å². The molecule has 8 nitrogen and oxygen atoms in total. The zero-order valence-electron chi connectivity index (χ0n) is 16.6. The molecule has 0 fully saturated rings. The first-order valence-electron chi connectivity index (χ1n) is 9.39. The second-order valence-electron chi connectivity index (χ2n) is 6.58. The van der Waals surface area contributed by atoms with E-state index >= 15 is 0 Å². The van der Waals surface area contributed by atoms with Crippen LogP contribution in [0.1, 0.15) is 5.56 Å². The molecule has 0 radical (unpaired) electrons. The number of benzene rings is 3. The van der Waals surface area contributed by atoms with Gasteiger partial charge in [-0.25, -0.2) is 0 Å². The number of H-pyrrole nitrogens is 1. The van der Waals surface area contributed by atoms with Crippen LogP contribution in [0, 0.1) is 4.91 Å². The summed E-state index contributed by atoms with van der Waals surface area (Å²) in [6.07, 6.45) is 0. The molecule has 1 heterocycles.